The van der Waals surface area contributed by atoms with E-state index in [1.807, 2.05) is 49.1 Å². The molecule has 202 valence electrons. The van der Waals surface area contributed by atoms with Crippen LogP contribution in [0, 0.1) is 11.3 Å². The molecule has 0 spiro atoms. The largest absolute Gasteiger partial charge is 0.391 e. The van der Waals surface area contributed by atoms with Gasteiger partial charge in [0.25, 0.3) is 0 Å². The standard InChI is InChI=1S/C26H33ClF3N5OS/c1-25(2,23(31)36)11-8-16-4-6-19(27)21(14-16)33-24(37)34-22-15-18(5-7-20(22)32-3)35-12-9-17(10-13-35)26(28,29)30/h4-7,14-15,17,32H,8-13H2,1-3H3,(H2,31,36)(H2,33,34,37). The smallest absolute Gasteiger partial charge is 0.386 e. The van der Waals surface area contributed by atoms with Crippen molar-refractivity contribution in [3.8, 4) is 0 Å². The van der Waals surface area contributed by atoms with E-state index in [1.165, 1.54) is 0 Å². The molecule has 2 aromatic carbocycles. The topological polar surface area (TPSA) is 82.4 Å². The summed E-state index contributed by atoms with van der Waals surface area (Å²) < 4.78 is 39.2. The first kappa shape index (κ1) is 28.8. The average Bonchev–Trinajstić information content (AvgIpc) is 2.84. The molecule has 0 aliphatic carbocycles. The fourth-order valence-corrected chi connectivity index (χ4v) is 4.58. The molecule has 1 saturated heterocycles. The first-order valence-corrected chi connectivity index (χ1v) is 12.9. The number of primary amides is 1. The Bertz CT molecular complexity index is 1130. The van der Waals surface area contributed by atoms with Crippen molar-refractivity contribution in [1.29, 1.82) is 0 Å². The molecule has 0 atom stereocenters. The number of halogens is 4. The zero-order valence-corrected chi connectivity index (χ0v) is 22.7. The minimum Gasteiger partial charge on any atom is -0.386 e. The number of alkyl halides is 3. The number of nitrogens with one attached hydrogen (secondary N) is 3. The minimum atomic E-state index is -4.15. The Morgan fingerprint density at radius 3 is 2.32 bits per heavy atom. The van der Waals surface area contributed by atoms with Gasteiger partial charge < -0.3 is 26.6 Å². The number of benzene rings is 2. The number of thiocarbonyl (C=S) groups is 1. The highest BCUT2D eigenvalue weighted by Crippen LogP contribution is 2.37. The van der Waals surface area contributed by atoms with Crippen molar-refractivity contribution in [1.82, 2.24) is 0 Å². The molecule has 11 heteroatoms. The van der Waals surface area contributed by atoms with Crippen molar-refractivity contribution in [3.63, 3.8) is 0 Å². The van der Waals surface area contributed by atoms with Crippen molar-refractivity contribution >= 4 is 57.6 Å². The van der Waals surface area contributed by atoms with Gasteiger partial charge in [0.05, 0.1) is 28.0 Å². The molecule has 37 heavy (non-hydrogen) atoms. The molecule has 0 aromatic heterocycles. The molecule has 1 aliphatic rings. The van der Waals surface area contributed by atoms with Gasteiger partial charge in [0, 0.05) is 31.2 Å². The third-order valence-corrected chi connectivity index (χ3v) is 7.36. The molecular weight excluding hydrogens is 523 g/mol. The second kappa shape index (κ2) is 11.8. The number of hydrogen-bond donors (Lipinski definition) is 4. The first-order chi connectivity index (χ1) is 17.3. The molecule has 0 unspecified atom stereocenters. The number of piperidine rings is 1. The first-order valence-electron chi connectivity index (χ1n) is 12.1. The van der Waals surface area contributed by atoms with E-state index in [9.17, 15) is 18.0 Å². The molecule has 0 saturated carbocycles. The van der Waals surface area contributed by atoms with Gasteiger partial charge in [-0.05, 0) is 73.8 Å². The van der Waals surface area contributed by atoms with E-state index in [-0.39, 0.29) is 18.7 Å². The number of anilines is 4. The Morgan fingerprint density at radius 2 is 1.73 bits per heavy atom. The van der Waals surface area contributed by atoms with Crippen LogP contribution in [-0.4, -0.2) is 37.3 Å². The number of aryl methyl sites for hydroxylation is 1. The Morgan fingerprint density at radius 1 is 1.08 bits per heavy atom. The van der Waals surface area contributed by atoms with Gasteiger partial charge in [-0.25, -0.2) is 0 Å². The quantitative estimate of drug-likeness (QED) is 0.282. The number of nitrogens with two attached hydrogens (primary N) is 1. The Labute approximate surface area is 226 Å². The summed E-state index contributed by atoms with van der Waals surface area (Å²) in [4.78, 5) is 13.6. The van der Waals surface area contributed by atoms with Crippen LogP contribution >= 0.6 is 23.8 Å². The zero-order chi connectivity index (χ0) is 27.4. The number of carbonyl (C=O) groups excluding carboxylic acids is 1. The normalized spacial score (nSPS) is 14.8. The van der Waals surface area contributed by atoms with Crippen LogP contribution in [0.2, 0.25) is 5.02 Å². The summed E-state index contributed by atoms with van der Waals surface area (Å²) >= 11 is 11.9. The molecule has 3 rings (SSSR count). The Hall–Kier alpha value is -2.72. The summed E-state index contributed by atoms with van der Waals surface area (Å²) in [6.45, 7) is 4.30. The van der Waals surface area contributed by atoms with E-state index >= 15 is 0 Å². The lowest BCUT2D eigenvalue weighted by Gasteiger charge is -2.34. The molecule has 0 bridgehead atoms. The van der Waals surface area contributed by atoms with Gasteiger partial charge in [0.2, 0.25) is 5.91 Å². The van der Waals surface area contributed by atoms with Gasteiger partial charge >= 0.3 is 6.18 Å². The second-order valence-electron chi connectivity index (χ2n) is 9.92. The van der Waals surface area contributed by atoms with Gasteiger partial charge in [-0.2, -0.15) is 13.2 Å². The summed E-state index contributed by atoms with van der Waals surface area (Å²) in [5.41, 5.74) is 8.74. The summed E-state index contributed by atoms with van der Waals surface area (Å²) in [6, 6.07) is 11.2. The van der Waals surface area contributed by atoms with Crippen molar-refractivity contribution in [3.05, 3.63) is 47.0 Å². The highest BCUT2D eigenvalue weighted by atomic mass is 35.5. The van der Waals surface area contributed by atoms with E-state index in [2.05, 4.69) is 16.0 Å². The molecule has 1 aliphatic heterocycles. The van der Waals surface area contributed by atoms with Crippen LogP contribution < -0.4 is 26.6 Å². The maximum Gasteiger partial charge on any atom is 0.391 e. The molecule has 5 N–H and O–H groups in total. The molecule has 1 heterocycles. The maximum atomic E-state index is 13.1. The van der Waals surface area contributed by atoms with Crippen LogP contribution in [0.3, 0.4) is 0 Å². The summed E-state index contributed by atoms with van der Waals surface area (Å²) in [5.74, 6) is -1.60. The third kappa shape index (κ3) is 7.64. The number of nitrogens with zero attached hydrogens (tertiary/aromatic N) is 1. The Balaban J connectivity index is 1.69. The van der Waals surface area contributed by atoms with Crippen LogP contribution in [0.4, 0.5) is 35.9 Å². The van der Waals surface area contributed by atoms with Crippen molar-refractivity contribution < 1.29 is 18.0 Å². The molecule has 2 aromatic rings. The van der Waals surface area contributed by atoms with Crippen molar-refractivity contribution in [2.24, 2.45) is 17.1 Å². The predicted molar refractivity (Wildman–Crippen MR) is 150 cm³/mol. The number of carbonyl (C=O) groups is 1. The summed E-state index contributed by atoms with van der Waals surface area (Å²) in [7, 11) is 1.78. The van der Waals surface area contributed by atoms with Crippen LogP contribution in [-0.2, 0) is 11.2 Å². The fraction of sp³-hybridized carbons (Fsp3) is 0.462. The molecule has 1 amide bonds. The van der Waals surface area contributed by atoms with Gasteiger partial charge in [0.15, 0.2) is 5.11 Å². The van der Waals surface area contributed by atoms with Gasteiger partial charge in [-0.15, -0.1) is 0 Å². The van der Waals surface area contributed by atoms with Crippen molar-refractivity contribution in [2.75, 3.05) is 41.0 Å². The minimum absolute atomic E-state index is 0.0749. The fourth-order valence-electron chi connectivity index (χ4n) is 4.20. The molecule has 1 fully saturated rings. The maximum absolute atomic E-state index is 13.1. The lowest BCUT2D eigenvalue weighted by molar-refractivity contribution is -0.179. The highest BCUT2D eigenvalue weighted by Gasteiger charge is 2.41. The summed E-state index contributed by atoms with van der Waals surface area (Å²) in [5, 5.41) is 10.2. The van der Waals surface area contributed by atoms with Crippen LogP contribution in [0.25, 0.3) is 0 Å². The molecule has 0 radical (unpaired) electrons. The predicted octanol–water partition coefficient (Wildman–Crippen LogP) is 6.41. The van der Waals surface area contributed by atoms with Gasteiger partial charge in [-0.3, -0.25) is 4.79 Å². The molecular formula is C26H33ClF3N5OS. The zero-order valence-electron chi connectivity index (χ0n) is 21.1. The van der Waals surface area contributed by atoms with Crippen LogP contribution in [0.15, 0.2) is 36.4 Å². The monoisotopic (exact) mass is 555 g/mol. The average molecular weight is 556 g/mol. The van der Waals surface area contributed by atoms with Gasteiger partial charge in [0.1, 0.15) is 0 Å². The van der Waals surface area contributed by atoms with E-state index in [1.54, 1.807) is 13.1 Å². The Kier molecular flexibility index (Phi) is 9.18. The van der Waals surface area contributed by atoms with Gasteiger partial charge in [-0.1, -0.05) is 31.5 Å². The number of amides is 1. The highest BCUT2D eigenvalue weighted by molar-refractivity contribution is 7.80. The van der Waals surface area contributed by atoms with E-state index in [4.69, 9.17) is 29.6 Å². The second-order valence-corrected chi connectivity index (χ2v) is 10.7. The van der Waals surface area contributed by atoms with Crippen molar-refractivity contribution in [2.45, 2.75) is 45.7 Å². The molecule has 6 nitrogen and oxygen atoms in total. The van der Waals surface area contributed by atoms with E-state index in [0.29, 0.717) is 47.4 Å². The van der Waals surface area contributed by atoms with Crippen LogP contribution in [0.1, 0.15) is 38.7 Å². The number of hydrogen-bond acceptors (Lipinski definition) is 4. The number of rotatable bonds is 8. The van der Waals surface area contributed by atoms with E-state index in [0.717, 1.165) is 16.9 Å². The SMILES string of the molecule is CNc1ccc(N2CCC(C(F)(F)F)CC2)cc1NC(=S)Nc1cc(CCC(C)(C)C(N)=O)ccc1Cl. The van der Waals surface area contributed by atoms with E-state index < -0.39 is 17.5 Å². The third-order valence-electron chi connectivity index (χ3n) is 6.83. The lowest BCUT2D eigenvalue weighted by Crippen LogP contribution is -2.39. The lowest BCUT2D eigenvalue weighted by atomic mass is 9.85. The van der Waals surface area contributed by atoms with Crippen LogP contribution in [0.5, 0.6) is 0 Å². The summed E-state index contributed by atoms with van der Waals surface area (Å²) in [6.07, 6.45) is -2.77.